The zero-order valence-corrected chi connectivity index (χ0v) is 12.8. The van der Waals surface area contributed by atoms with E-state index < -0.39 is 5.97 Å². The molecular weight excluding hydrogens is 276 g/mol. The van der Waals surface area contributed by atoms with E-state index in [0.717, 1.165) is 31.8 Å². The van der Waals surface area contributed by atoms with E-state index in [4.69, 9.17) is 18.9 Å². The molecule has 0 aliphatic carbocycles. The van der Waals surface area contributed by atoms with Gasteiger partial charge in [0, 0.05) is 26.2 Å². The monoisotopic (exact) mass is 302 g/mol. The molecule has 0 saturated carbocycles. The van der Waals surface area contributed by atoms with Gasteiger partial charge in [-0.2, -0.15) is 0 Å². The summed E-state index contributed by atoms with van der Waals surface area (Å²) in [5.74, 6) is -0.704. The Morgan fingerprint density at radius 2 is 1.33 bits per heavy atom. The van der Waals surface area contributed by atoms with Crippen molar-refractivity contribution >= 4 is 11.9 Å². The molecule has 122 valence electrons. The highest BCUT2D eigenvalue weighted by molar-refractivity contribution is 5.81. The molecule has 0 aliphatic rings. The number of hydrogen-bond acceptors (Lipinski definition) is 6. The first-order valence-electron chi connectivity index (χ1n) is 7.25. The van der Waals surface area contributed by atoms with Crippen LogP contribution in [0.4, 0.5) is 0 Å². The largest absolute Gasteiger partial charge is 0.463 e. The molecule has 0 aromatic rings. The second-order valence-corrected chi connectivity index (χ2v) is 4.35. The summed E-state index contributed by atoms with van der Waals surface area (Å²) < 4.78 is 20.1. The predicted octanol–water partition coefficient (Wildman–Crippen LogP) is 1.87. The zero-order chi connectivity index (χ0) is 15.8. The highest BCUT2D eigenvalue weighted by atomic mass is 16.6. The van der Waals surface area contributed by atoms with Crippen LogP contribution in [0.1, 0.15) is 32.6 Å². The molecule has 0 spiro atoms. The molecule has 0 radical (unpaired) electrons. The van der Waals surface area contributed by atoms with Gasteiger partial charge in [0.1, 0.15) is 13.2 Å². The first-order chi connectivity index (χ1) is 10.2. The summed E-state index contributed by atoms with van der Waals surface area (Å²) in [6.07, 6.45) is 5.23. The van der Waals surface area contributed by atoms with Crippen molar-refractivity contribution in [1.29, 1.82) is 0 Å². The van der Waals surface area contributed by atoms with Crippen LogP contribution in [0, 0.1) is 0 Å². The minimum Gasteiger partial charge on any atom is -0.463 e. The summed E-state index contributed by atoms with van der Waals surface area (Å²) >= 11 is 0. The van der Waals surface area contributed by atoms with Crippen molar-refractivity contribution in [3.63, 3.8) is 0 Å². The summed E-state index contributed by atoms with van der Waals surface area (Å²) in [6, 6.07) is 0. The fourth-order valence-corrected chi connectivity index (χ4v) is 1.47. The molecule has 0 fully saturated rings. The van der Waals surface area contributed by atoms with Crippen LogP contribution in [0.2, 0.25) is 0 Å². The molecule has 0 rings (SSSR count). The van der Waals surface area contributed by atoms with Gasteiger partial charge in [-0.3, -0.25) is 4.79 Å². The predicted molar refractivity (Wildman–Crippen MR) is 77.9 cm³/mol. The van der Waals surface area contributed by atoms with Crippen LogP contribution in [0.25, 0.3) is 0 Å². The van der Waals surface area contributed by atoms with Gasteiger partial charge >= 0.3 is 11.9 Å². The lowest BCUT2D eigenvalue weighted by molar-refractivity contribution is -0.142. The fraction of sp³-hybridized carbons (Fsp3) is 0.733. The molecule has 0 aromatic carbocycles. The number of rotatable bonds is 14. The summed E-state index contributed by atoms with van der Waals surface area (Å²) in [7, 11) is 0. The van der Waals surface area contributed by atoms with Gasteiger partial charge in [0.2, 0.25) is 0 Å². The van der Waals surface area contributed by atoms with Crippen LogP contribution in [0.15, 0.2) is 12.7 Å². The summed E-state index contributed by atoms with van der Waals surface area (Å²) in [5.41, 5.74) is 0. The third-order valence-electron chi connectivity index (χ3n) is 2.50. The van der Waals surface area contributed by atoms with Crippen molar-refractivity contribution in [2.75, 3.05) is 39.6 Å². The topological polar surface area (TPSA) is 71.1 Å². The normalized spacial score (nSPS) is 10.1. The Labute approximate surface area is 126 Å². The van der Waals surface area contributed by atoms with Crippen molar-refractivity contribution in [2.24, 2.45) is 0 Å². The van der Waals surface area contributed by atoms with Crippen LogP contribution in [0.5, 0.6) is 0 Å². The second kappa shape index (κ2) is 15.0. The maximum atomic E-state index is 10.7. The Morgan fingerprint density at radius 3 is 1.81 bits per heavy atom. The number of ether oxygens (including phenoxy) is 4. The quantitative estimate of drug-likeness (QED) is 0.277. The maximum absolute atomic E-state index is 10.7. The molecule has 0 bridgehead atoms. The molecule has 0 aromatic heterocycles. The lowest BCUT2D eigenvalue weighted by atomic mass is 10.2. The minimum atomic E-state index is -0.424. The van der Waals surface area contributed by atoms with Gasteiger partial charge in [-0.15, -0.1) is 0 Å². The van der Waals surface area contributed by atoms with Crippen LogP contribution in [-0.4, -0.2) is 51.6 Å². The van der Waals surface area contributed by atoms with Crippen LogP contribution < -0.4 is 0 Å². The zero-order valence-electron chi connectivity index (χ0n) is 12.8. The third-order valence-corrected chi connectivity index (χ3v) is 2.50. The van der Waals surface area contributed by atoms with E-state index in [0.29, 0.717) is 33.0 Å². The molecule has 6 heteroatoms. The molecule has 0 heterocycles. The van der Waals surface area contributed by atoms with E-state index in [9.17, 15) is 9.59 Å². The summed E-state index contributed by atoms with van der Waals surface area (Å²) in [5, 5.41) is 0. The maximum Gasteiger partial charge on any atom is 0.330 e. The average Bonchev–Trinajstić information content (AvgIpc) is 2.46. The lowest BCUT2D eigenvalue weighted by Crippen LogP contribution is -2.09. The average molecular weight is 302 g/mol. The molecule has 0 atom stereocenters. The molecule has 0 aliphatic heterocycles. The van der Waals surface area contributed by atoms with E-state index in [-0.39, 0.29) is 12.6 Å². The smallest absolute Gasteiger partial charge is 0.330 e. The Hall–Kier alpha value is -1.40. The van der Waals surface area contributed by atoms with Gasteiger partial charge in [0.25, 0.3) is 0 Å². The fourth-order valence-electron chi connectivity index (χ4n) is 1.47. The van der Waals surface area contributed by atoms with E-state index in [2.05, 4.69) is 6.58 Å². The third kappa shape index (κ3) is 16.5. The van der Waals surface area contributed by atoms with Crippen molar-refractivity contribution in [3.05, 3.63) is 12.7 Å². The van der Waals surface area contributed by atoms with E-state index >= 15 is 0 Å². The van der Waals surface area contributed by atoms with E-state index in [1.807, 2.05) is 0 Å². The molecule has 0 saturated heterocycles. The second-order valence-electron chi connectivity index (χ2n) is 4.35. The Bertz CT molecular complexity index is 290. The van der Waals surface area contributed by atoms with Crippen molar-refractivity contribution in [1.82, 2.24) is 0 Å². The summed E-state index contributed by atoms with van der Waals surface area (Å²) in [4.78, 5) is 21.2. The highest BCUT2D eigenvalue weighted by Gasteiger charge is 1.96. The van der Waals surface area contributed by atoms with Crippen molar-refractivity contribution in [2.45, 2.75) is 32.6 Å². The van der Waals surface area contributed by atoms with Crippen molar-refractivity contribution in [3.8, 4) is 0 Å². The number of esters is 2. The van der Waals surface area contributed by atoms with E-state index in [1.165, 1.54) is 6.92 Å². The molecule has 0 amide bonds. The lowest BCUT2D eigenvalue weighted by Gasteiger charge is -2.06. The van der Waals surface area contributed by atoms with Gasteiger partial charge in [0.05, 0.1) is 13.2 Å². The SMILES string of the molecule is C=CC(=O)OCCOCCCCCCOCCOC(C)=O. The molecular formula is C15H26O6. The van der Waals surface area contributed by atoms with Crippen molar-refractivity contribution < 1.29 is 28.5 Å². The first kappa shape index (κ1) is 19.6. The van der Waals surface area contributed by atoms with Crippen LogP contribution >= 0.6 is 0 Å². The summed E-state index contributed by atoms with van der Waals surface area (Å²) in [6.45, 7) is 7.48. The minimum absolute atomic E-state index is 0.265. The molecule has 21 heavy (non-hydrogen) atoms. The molecule has 0 unspecified atom stereocenters. The first-order valence-corrected chi connectivity index (χ1v) is 7.25. The Morgan fingerprint density at radius 1 is 0.810 bits per heavy atom. The number of hydrogen-bond donors (Lipinski definition) is 0. The Kier molecular flexibility index (Phi) is 14.0. The van der Waals surface area contributed by atoms with Gasteiger partial charge in [-0.05, 0) is 12.8 Å². The van der Waals surface area contributed by atoms with Gasteiger partial charge in [0.15, 0.2) is 0 Å². The van der Waals surface area contributed by atoms with Gasteiger partial charge in [-0.1, -0.05) is 19.4 Å². The van der Waals surface area contributed by atoms with Gasteiger partial charge < -0.3 is 18.9 Å². The van der Waals surface area contributed by atoms with Gasteiger partial charge in [-0.25, -0.2) is 4.79 Å². The van der Waals surface area contributed by atoms with Crippen LogP contribution in [0.3, 0.4) is 0 Å². The van der Waals surface area contributed by atoms with E-state index in [1.54, 1.807) is 0 Å². The molecule has 6 nitrogen and oxygen atoms in total. The number of carbonyl (C=O) groups excluding carboxylic acids is 2. The number of unbranched alkanes of at least 4 members (excludes halogenated alkanes) is 3. The standard InChI is InChI=1S/C15H26O6/c1-3-15(17)21-13-11-19-9-7-5-4-6-8-18-10-12-20-14(2)16/h3H,1,4-13H2,2H3. The van der Waals surface area contributed by atoms with Crippen LogP contribution in [-0.2, 0) is 28.5 Å². The molecule has 0 N–H and O–H groups in total. The Balaban J connectivity index is 3.04. The number of carbonyl (C=O) groups is 2. The highest BCUT2D eigenvalue weighted by Crippen LogP contribution is 2.00.